The van der Waals surface area contributed by atoms with E-state index in [1.165, 1.54) is 28.1 Å². The van der Waals surface area contributed by atoms with Crippen molar-refractivity contribution in [1.29, 1.82) is 0 Å². The van der Waals surface area contributed by atoms with Gasteiger partial charge in [-0.1, -0.05) is 32.0 Å². The highest BCUT2D eigenvalue weighted by atomic mass is 15.1. The lowest BCUT2D eigenvalue weighted by Gasteiger charge is -2.21. The molecule has 2 aromatic carbocycles. The third-order valence-corrected chi connectivity index (χ3v) is 3.54. The van der Waals surface area contributed by atoms with Crippen LogP contribution < -0.4 is 4.90 Å². The van der Waals surface area contributed by atoms with Crippen molar-refractivity contribution in [2.45, 2.75) is 33.6 Å². The summed E-state index contributed by atoms with van der Waals surface area (Å²) in [7, 11) is 2.12. The number of nitrogens with zero attached hydrogens (tertiary/aromatic N) is 1. The predicted molar refractivity (Wildman–Crippen MR) is 84.5 cm³/mol. The average Bonchev–Trinajstić information content (AvgIpc) is 2.37. The molecule has 0 aliphatic rings. The Balaban J connectivity index is 2.30. The monoisotopic (exact) mass is 253 g/mol. The first-order chi connectivity index (χ1) is 8.97. The van der Waals surface area contributed by atoms with Crippen LogP contribution in [0.3, 0.4) is 0 Å². The highest BCUT2D eigenvalue weighted by Gasteiger charge is 2.06. The van der Waals surface area contributed by atoms with Gasteiger partial charge in [0.2, 0.25) is 0 Å². The van der Waals surface area contributed by atoms with E-state index in [0.29, 0.717) is 5.92 Å². The molecule has 0 saturated heterocycles. The summed E-state index contributed by atoms with van der Waals surface area (Å²) in [4.78, 5) is 2.24. The summed E-state index contributed by atoms with van der Waals surface area (Å²) in [6, 6.07) is 15.5. The first kappa shape index (κ1) is 13.7. The second-order valence-electron chi connectivity index (χ2n) is 5.65. The van der Waals surface area contributed by atoms with E-state index in [1.54, 1.807) is 0 Å². The summed E-state index contributed by atoms with van der Waals surface area (Å²) < 4.78 is 0. The third kappa shape index (κ3) is 3.17. The van der Waals surface area contributed by atoms with Gasteiger partial charge in [-0.15, -0.1) is 0 Å². The molecule has 0 fully saturated rings. The summed E-state index contributed by atoms with van der Waals surface area (Å²) in [5.41, 5.74) is 6.48. The first-order valence-electron chi connectivity index (χ1n) is 6.89. The lowest BCUT2D eigenvalue weighted by atomic mass is 10.0. The van der Waals surface area contributed by atoms with Gasteiger partial charge >= 0.3 is 0 Å². The van der Waals surface area contributed by atoms with Crippen molar-refractivity contribution in [3.05, 3.63) is 59.2 Å². The van der Waals surface area contributed by atoms with E-state index in [0.717, 1.165) is 0 Å². The zero-order chi connectivity index (χ0) is 14.0. The van der Waals surface area contributed by atoms with Crippen molar-refractivity contribution in [2.24, 2.45) is 0 Å². The van der Waals surface area contributed by atoms with Crippen LogP contribution in [-0.4, -0.2) is 7.05 Å². The molecule has 2 aromatic rings. The molecular formula is C18H23N. The number of aryl methyl sites for hydroxylation is 2. The van der Waals surface area contributed by atoms with Crippen molar-refractivity contribution in [3.8, 4) is 0 Å². The Hall–Kier alpha value is -1.76. The Morgan fingerprint density at radius 2 is 1.32 bits per heavy atom. The van der Waals surface area contributed by atoms with Crippen LogP contribution in [0.1, 0.15) is 36.5 Å². The van der Waals surface area contributed by atoms with Crippen molar-refractivity contribution < 1.29 is 0 Å². The van der Waals surface area contributed by atoms with E-state index in [2.05, 4.69) is 82.1 Å². The molecule has 0 aromatic heterocycles. The van der Waals surface area contributed by atoms with Gasteiger partial charge in [-0.25, -0.2) is 0 Å². The zero-order valence-corrected chi connectivity index (χ0v) is 12.6. The SMILES string of the molecule is Cc1cc(C)cc(N(C)c2ccc(C(C)C)cc2)c1. The minimum absolute atomic E-state index is 0.584. The quantitative estimate of drug-likeness (QED) is 0.727. The molecule has 0 unspecified atom stereocenters. The molecule has 0 amide bonds. The van der Waals surface area contributed by atoms with Crippen molar-refractivity contribution in [1.82, 2.24) is 0 Å². The van der Waals surface area contributed by atoms with Crippen LogP contribution in [0.4, 0.5) is 11.4 Å². The highest BCUT2D eigenvalue weighted by molar-refractivity contribution is 5.64. The van der Waals surface area contributed by atoms with Crippen LogP contribution in [0, 0.1) is 13.8 Å². The van der Waals surface area contributed by atoms with Crippen molar-refractivity contribution in [2.75, 3.05) is 11.9 Å². The number of hydrogen-bond acceptors (Lipinski definition) is 1. The Bertz CT molecular complexity index is 532. The standard InChI is InChI=1S/C18H23N/c1-13(2)16-6-8-17(9-7-16)19(5)18-11-14(3)10-15(4)12-18/h6-13H,1-5H3. The van der Waals surface area contributed by atoms with Gasteiger partial charge < -0.3 is 4.90 Å². The molecule has 0 spiro atoms. The zero-order valence-electron chi connectivity index (χ0n) is 12.6. The molecule has 0 radical (unpaired) electrons. The molecule has 0 heterocycles. The molecule has 1 nitrogen and oxygen atoms in total. The second-order valence-corrected chi connectivity index (χ2v) is 5.65. The Kier molecular flexibility index (Phi) is 3.94. The molecular weight excluding hydrogens is 230 g/mol. The molecule has 0 atom stereocenters. The summed E-state index contributed by atoms with van der Waals surface area (Å²) >= 11 is 0. The molecule has 0 aliphatic carbocycles. The molecule has 100 valence electrons. The maximum atomic E-state index is 2.24. The van der Waals surface area contributed by atoms with E-state index in [-0.39, 0.29) is 0 Å². The number of benzene rings is 2. The molecule has 0 N–H and O–H groups in total. The number of rotatable bonds is 3. The topological polar surface area (TPSA) is 3.24 Å². The summed E-state index contributed by atoms with van der Waals surface area (Å²) in [5.74, 6) is 0.584. The number of hydrogen-bond donors (Lipinski definition) is 0. The predicted octanol–water partition coefficient (Wildman–Crippen LogP) is 5.19. The van der Waals surface area contributed by atoms with E-state index < -0.39 is 0 Å². The fourth-order valence-corrected chi connectivity index (χ4v) is 2.38. The smallest absolute Gasteiger partial charge is 0.0413 e. The maximum absolute atomic E-state index is 2.24. The molecule has 1 heteroatoms. The fourth-order valence-electron chi connectivity index (χ4n) is 2.38. The van der Waals surface area contributed by atoms with Crippen LogP contribution in [0.5, 0.6) is 0 Å². The van der Waals surface area contributed by atoms with Gasteiger partial charge in [0.05, 0.1) is 0 Å². The summed E-state index contributed by atoms with van der Waals surface area (Å²) in [5, 5.41) is 0. The van der Waals surface area contributed by atoms with Crippen LogP contribution in [0.15, 0.2) is 42.5 Å². The normalized spacial score (nSPS) is 10.8. The van der Waals surface area contributed by atoms with Gasteiger partial charge in [0.25, 0.3) is 0 Å². The molecule has 0 bridgehead atoms. The van der Waals surface area contributed by atoms with Crippen LogP contribution in [-0.2, 0) is 0 Å². The van der Waals surface area contributed by atoms with Crippen LogP contribution >= 0.6 is 0 Å². The van der Waals surface area contributed by atoms with Crippen LogP contribution in [0.25, 0.3) is 0 Å². The van der Waals surface area contributed by atoms with Crippen molar-refractivity contribution in [3.63, 3.8) is 0 Å². The lowest BCUT2D eigenvalue weighted by Crippen LogP contribution is -2.09. The van der Waals surface area contributed by atoms with Gasteiger partial charge in [-0.3, -0.25) is 0 Å². The van der Waals surface area contributed by atoms with Crippen LogP contribution in [0.2, 0.25) is 0 Å². The minimum atomic E-state index is 0.584. The summed E-state index contributed by atoms with van der Waals surface area (Å²) in [6.45, 7) is 8.74. The molecule has 0 aliphatic heterocycles. The highest BCUT2D eigenvalue weighted by Crippen LogP contribution is 2.27. The van der Waals surface area contributed by atoms with Gasteiger partial charge in [-0.05, 0) is 60.7 Å². The average molecular weight is 253 g/mol. The van der Waals surface area contributed by atoms with Gasteiger partial charge in [-0.2, -0.15) is 0 Å². The third-order valence-electron chi connectivity index (χ3n) is 3.54. The van der Waals surface area contributed by atoms with Gasteiger partial charge in [0, 0.05) is 18.4 Å². The van der Waals surface area contributed by atoms with E-state index in [1.807, 2.05) is 0 Å². The van der Waals surface area contributed by atoms with Crippen molar-refractivity contribution >= 4 is 11.4 Å². The maximum Gasteiger partial charge on any atom is 0.0413 e. The molecule has 19 heavy (non-hydrogen) atoms. The minimum Gasteiger partial charge on any atom is -0.345 e. The Labute approximate surface area is 116 Å². The van der Waals surface area contributed by atoms with E-state index in [4.69, 9.17) is 0 Å². The second kappa shape index (κ2) is 5.48. The fraction of sp³-hybridized carbons (Fsp3) is 0.333. The largest absolute Gasteiger partial charge is 0.345 e. The Morgan fingerprint density at radius 3 is 1.79 bits per heavy atom. The number of anilines is 2. The van der Waals surface area contributed by atoms with E-state index in [9.17, 15) is 0 Å². The summed E-state index contributed by atoms with van der Waals surface area (Å²) in [6.07, 6.45) is 0. The van der Waals surface area contributed by atoms with Gasteiger partial charge in [0.15, 0.2) is 0 Å². The molecule has 2 rings (SSSR count). The molecule has 0 saturated carbocycles. The first-order valence-corrected chi connectivity index (χ1v) is 6.89. The van der Waals surface area contributed by atoms with E-state index >= 15 is 0 Å². The Morgan fingerprint density at radius 1 is 0.789 bits per heavy atom. The van der Waals surface area contributed by atoms with Gasteiger partial charge in [0.1, 0.15) is 0 Å². The lowest BCUT2D eigenvalue weighted by molar-refractivity contribution is 0.866.